The van der Waals surface area contributed by atoms with E-state index in [-0.39, 0.29) is 18.3 Å². The van der Waals surface area contributed by atoms with Gasteiger partial charge in [0.25, 0.3) is 5.91 Å². The van der Waals surface area contributed by atoms with E-state index in [0.29, 0.717) is 12.1 Å². The first-order chi connectivity index (χ1) is 13.3. The molecule has 0 aliphatic heterocycles. The summed E-state index contributed by atoms with van der Waals surface area (Å²) in [7, 11) is 8.01. The zero-order chi connectivity index (χ0) is 20.4. The maximum absolute atomic E-state index is 13.3. The second kappa shape index (κ2) is 9.57. The molecule has 5 nitrogen and oxygen atoms in total. The first-order valence-corrected chi connectivity index (χ1v) is 10.2. The Bertz CT molecular complexity index is 982. The number of rotatable bonds is 6. The fourth-order valence-corrected chi connectivity index (χ4v) is 4.02. The van der Waals surface area contributed by atoms with Crippen molar-refractivity contribution in [3.63, 3.8) is 0 Å². The summed E-state index contributed by atoms with van der Waals surface area (Å²) in [4.78, 5) is 24.1. The summed E-state index contributed by atoms with van der Waals surface area (Å²) in [6.07, 6.45) is 0. The van der Waals surface area contributed by atoms with Crippen LogP contribution in [-0.4, -0.2) is 57.1 Å². The Labute approximate surface area is 183 Å². The van der Waals surface area contributed by atoms with Gasteiger partial charge in [-0.3, -0.25) is 9.69 Å². The van der Waals surface area contributed by atoms with E-state index in [4.69, 9.17) is 4.98 Å². The smallest absolute Gasteiger partial charge is 0.260 e. The molecule has 3 aromatic rings. The lowest BCUT2D eigenvalue weighted by Crippen LogP contribution is -2.36. The summed E-state index contributed by atoms with van der Waals surface area (Å²) in [5.41, 5.74) is 5.13. The highest BCUT2D eigenvalue weighted by atomic mass is 35.5. The van der Waals surface area contributed by atoms with Gasteiger partial charge >= 0.3 is 0 Å². The van der Waals surface area contributed by atoms with Crippen molar-refractivity contribution >= 4 is 50.7 Å². The molecule has 3 rings (SSSR count). The molecule has 0 radical (unpaired) electrons. The minimum Gasteiger partial charge on any atom is -0.378 e. The summed E-state index contributed by atoms with van der Waals surface area (Å²) in [5.74, 6) is -0.0133. The molecule has 1 aromatic heterocycles. The molecule has 0 spiro atoms. The number of benzene rings is 2. The van der Waals surface area contributed by atoms with Gasteiger partial charge in [0.2, 0.25) is 0 Å². The Morgan fingerprint density at radius 2 is 1.62 bits per heavy atom. The molecule has 0 bridgehead atoms. The fraction of sp³-hybridized carbons (Fsp3) is 0.364. The SMILES string of the molecule is Cc1ccc2sc(N(CCN(C)C)C(=O)c3ccc(N(C)C)cc3)nc2c1C.Cl. The number of aryl methyl sites for hydroxylation is 2. The van der Waals surface area contributed by atoms with Gasteiger partial charge in [-0.05, 0) is 69.4 Å². The fourth-order valence-electron chi connectivity index (χ4n) is 2.97. The summed E-state index contributed by atoms with van der Waals surface area (Å²) in [6.45, 7) is 5.55. The lowest BCUT2D eigenvalue weighted by molar-refractivity contribution is 0.0985. The third kappa shape index (κ3) is 5.07. The summed E-state index contributed by atoms with van der Waals surface area (Å²) in [6, 6.07) is 11.9. The van der Waals surface area contributed by atoms with Gasteiger partial charge in [-0.1, -0.05) is 17.4 Å². The molecule has 7 heteroatoms. The third-order valence-electron chi connectivity index (χ3n) is 4.95. The van der Waals surface area contributed by atoms with E-state index < -0.39 is 0 Å². The van der Waals surface area contributed by atoms with Crippen LogP contribution in [0.2, 0.25) is 0 Å². The highest BCUT2D eigenvalue weighted by Crippen LogP contribution is 2.32. The van der Waals surface area contributed by atoms with E-state index in [1.807, 2.05) is 62.3 Å². The van der Waals surface area contributed by atoms with Gasteiger partial charge in [0.05, 0.1) is 10.2 Å². The number of carbonyl (C=O) groups is 1. The molecule has 1 heterocycles. The van der Waals surface area contributed by atoms with Crippen LogP contribution in [0.25, 0.3) is 10.2 Å². The number of anilines is 2. The van der Waals surface area contributed by atoms with E-state index in [1.165, 1.54) is 11.1 Å². The van der Waals surface area contributed by atoms with E-state index in [1.54, 1.807) is 11.3 Å². The number of nitrogens with zero attached hydrogens (tertiary/aromatic N) is 4. The highest BCUT2D eigenvalue weighted by Gasteiger charge is 2.22. The predicted molar refractivity (Wildman–Crippen MR) is 127 cm³/mol. The Hall–Kier alpha value is -2.15. The van der Waals surface area contributed by atoms with Crippen LogP contribution in [0.15, 0.2) is 36.4 Å². The Kier molecular flexibility index (Phi) is 7.63. The van der Waals surface area contributed by atoms with E-state index in [0.717, 1.165) is 27.6 Å². The molecular weight excluding hydrogens is 404 g/mol. The number of hydrogen-bond acceptors (Lipinski definition) is 5. The van der Waals surface area contributed by atoms with Crippen molar-refractivity contribution in [2.45, 2.75) is 13.8 Å². The largest absolute Gasteiger partial charge is 0.378 e. The van der Waals surface area contributed by atoms with Crippen molar-refractivity contribution in [1.82, 2.24) is 9.88 Å². The predicted octanol–water partition coefficient (Wildman–Crippen LogP) is 4.61. The maximum Gasteiger partial charge on any atom is 0.260 e. The van der Waals surface area contributed by atoms with Crippen molar-refractivity contribution < 1.29 is 4.79 Å². The van der Waals surface area contributed by atoms with Gasteiger partial charge in [-0.15, -0.1) is 12.4 Å². The van der Waals surface area contributed by atoms with Gasteiger partial charge in [0, 0.05) is 38.4 Å². The van der Waals surface area contributed by atoms with Crippen molar-refractivity contribution in [1.29, 1.82) is 0 Å². The molecule has 0 N–H and O–H groups in total. The van der Waals surface area contributed by atoms with Crippen molar-refractivity contribution in [3.05, 3.63) is 53.1 Å². The third-order valence-corrected chi connectivity index (χ3v) is 5.99. The summed E-state index contributed by atoms with van der Waals surface area (Å²) >= 11 is 1.58. The van der Waals surface area contributed by atoms with Gasteiger partial charge in [-0.2, -0.15) is 0 Å². The van der Waals surface area contributed by atoms with Crippen LogP contribution in [0.5, 0.6) is 0 Å². The number of likely N-dealkylation sites (N-methyl/N-ethyl adjacent to an activating group) is 1. The van der Waals surface area contributed by atoms with Crippen LogP contribution in [-0.2, 0) is 0 Å². The van der Waals surface area contributed by atoms with Crippen LogP contribution in [0.1, 0.15) is 21.5 Å². The second-order valence-electron chi connectivity index (χ2n) is 7.55. The van der Waals surface area contributed by atoms with Crippen molar-refractivity contribution in [3.8, 4) is 0 Å². The first kappa shape index (κ1) is 23.1. The molecule has 0 unspecified atom stereocenters. The number of aromatic nitrogens is 1. The molecule has 0 fully saturated rings. The molecule has 0 atom stereocenters. The Morgan fingerprint density at radius 1 is 0.966 bits per heavy atom. The maximum atomic E-state index is 13.3. The van der Waals surface area contributed by atoms with Crippen molar-refractivity contribution in [2.24, 2.45) is 0 Å². The van der Waals surface area contributed by atoms with Crippen molar-refractivity contribution in [2.75, 3.05) is 51.1 Å². The van der Waals surface area contributed by atoms with Crippen LogP contribution >= 0.6 is 23.7 Å². The number of hydrogen-bond donors (Lipinski definition) is 0. The Balaban J connectivity index is 0.00000300. The zero-order valence-electron chi connectivity index (χ0n) is 17.9. The first-order valence-electron chi connectivity index (χ1n) is 9.38. The van der Waals surface area contributed by atoms with E-state index in [2.05, 4.69) is 30.9 Å². The molecule has 2 aromatic carbocycles. The van der Waals surface area contributed by atoms with Gasteiger partial charge in [-0.25, -0.2) is 4.98 Å². The molecule has 29 heavy (non-hydrogen) atoms. The number of fused-ring (bicyclic) bond motifs is 1. The molecular formula is C22H29ClN4OS. The van der Waals surface area contributed by atoms with Gasteiger partial charge < -0.3 is 9.80 Å². The summed E-state index contributed by atoms with van der Waals surface area (Å²) < 4.78 is 1.11. The van der Waals surface area contributed by atoms with Crippen LogP contribution in [0.4, 0.5) is 10.8 Å². The Morgan fingerprint density at radius 3 is 2.21 bits per heavy atom. The molecule has 156 valence electrons. The molecule has 0 saturated heterocycles. The quantitative estimate of drug-likeness (QED) is 0.570. The normalized spacial score (nSPS) is 10.9. The monoisotopic (exact) mass is 432 g/mol. The topological polar surface area (TPSA) is 39.7 Å². The average molecular weight is 433 g/mol. The zero-order valence-corrected chi connectivity index (χ0v) is 19.5. The summed E-state index contributed by atoms with van der Waals surface area (Å²) in [5, 5.41) is 0.757. The number of carbonyl (C=O) groups excluding carboxylic acids is 1. The highest BCUT2D eigenvalue weighted by molar-refractivity contribution is 7.22. The van der Waals surface area contributed by atoms with Gasteiger partial charge in [0.1, 0.15) is 0 Å². The van der Waals surface area contributed by atoms with Crippen LogP contribution < -0.4 is 9.80 Å². The molecule has 1 amide bonds. The standard InChI is InChI=1S/C22H28N4OS.ClH/c1-15-7-12-19-20(16(15)2)23-22(28-19)26(14-13-24(3)4)21(27)17-8-10-18(11-9-17)25(5)6;/h7-12H,13-14H2,1-6H3;1H. The van der Waals surface area contributed by atoms with E-state index in [9.17, 15) is 4.79 Å². The number of halogens is 1. The number of thiazole rings is 1. The average Bonchev–Trinajstić information content (AvgIpc) is 3.09. The minimum atomic E-state index is -0.0133. The number of amides is 1. The van der Waals surface area contributed by atoms with Crippen LogP contribution in [0, 0.1) is 13.8 Å². The molecule has 0 aliphatic carbocycles. The lowest BCUT2D eigenvalue weighted by Gasteiger charge is -2.22. The minimum absolute atomic E-state index is 0. The lowest BCUT2D eigenvalue weighted by atomic mass is 10.1. The second-order valence-corrected chi connectivity index (χ2v) is 8.56. The van der Waals surface area contributed by atoms with Crippen LogP contribution in [0.3, 0.4) is 0 Å². The molecule has 0 aliphatic rings. The molecule has 0 saturated carbocycles. The van der Waals surface area contributed by atoms with E-state index >= 15 is 0 Å². The van der Waals surface area contributed by atoms with Gasteiger partial charge in [0.15, 0.2) is 5.13 Å².